The Morgan fingerprint density at radius 2 is 1.84 bits per heavy atom. The van der Waals surface area contributed by atoms with Crippen molar-refractivity contribution in [2.75, 3.05) is 11.1 Å². The predicted molar refractivity (Wildman–Crippen MR) is 119 cm³/mol. The van der Waals surface area contributed by atoms with Crippen LogP contribution in [0.5, 0.6) is 0 Å². The number of hydrogen-bond donors (Lipinski definition) is 5. The van der Waals surface area contributed by atoms with E-state index < -0.39 is 16.1 Å². The summed E-state index contributed by atoms with van der Waals surface area (Å²) in [5.41, 5.74) is 9.60. The van der Waals surface area contributed by atoms with Crippen molar-refractivity contribution >= 4 is 33.0 Å². The van der Waals surface area contributed by atoms with E-state index in [0.29, 0.717) is 29.0 Å². The summed E-state index contributed by atoms with van der Waals surface area (Å²) in [7, 11) is -3.90. The van der Waals surface area contributed by atoms with Crippen LogP contribution in [0.1, 0.15) is 28.3 Å². The molecule has 1 heterocycles. The first-order valence-corrected chi connectivity index (χ1v) is 11.0. The van der Waals surface area contributed by atoms with Gasteiger partial charge in [0.1, 0.15) is 6.04 Å². The second kappa shape index (κ2) is 7.95. The van der Waals surface area contributed by atoms with Crippen molar-refractivity contribution in [3.63, 3.8) is 0 Å². The normalized spacial score (nSPS) is 15.3. The SMILES string of the molecule is N=C(c1cccc(S(N)(=O)=O)c1)c1cc(NC(=O)C2NCc3ccccc32)ccc1N. The van der Waals surface area contributed by atoms with E-state index in [2.05, 4.69) is 10.6 Å². The Balaban J connectivity index is 1.59. The summed E-state index contributed by atoms with van der Waals surface area (Å²) in [5.74, 6) is -0.219. The van der Waals surface area contributed by atoms with Gasteiger partial charge < -0.3 is 11.1 Å². The Morgan fingerprint density at radius 3 is 2.61 bits per heavy atom. The summed E-state index contributed by atoms with van der Waals surface area (Å²) in [6.45, 7) is 0.617. The summed E-state index contributed by atoms with van der Waals surface area (Å²) < 4.78 is 23.3. The summed E-state index contributed by atoms with van der Waals surface area (Å²) >= 11 is 0. The van der Waals surface area contributed by atoms with Crippen LogP contribution in [0.4, 0.5) is 11.4 Å². The minimum atomic E-state index is -3.90. The fraction of sp³-hybridized carbons (Fsp3) is 0.0909. The molecule has 1 atom stereocenters. The average Bonchev–Trinajstić information content (AvgIpc) is 3.18. The molecule has 0 fully saturated rings. The minimum absolute atomic E-state index is 0.0171. The van der Waals surface area contributed by atoms with E-state index >= 15 is 0 Å². The number of fused-ring (bicyclic) bond motifs is 1. The molecule has 7 N–H and O–H groups in total. The van der Waals surface area contributed by atoms with E-state index in [0.717, 1.165) is 11.1 Å². The van der Waals surface area contributed by atoms with Crippen molar-refractivity contribution in [1.82, 2.24) is 5.32 Å². The number of nitrogens with two attached hydrogens (primary N) is 2. The molecule has 3 aromatic rings. The van der Waals surface area contributed by atoms with Gasteiger partial charge in [0.2, 0.25) is 15.9 Å². The molecule has 0 saturated heterocycles. The van der Waals surface area contributed by atoms with Gasteiger partial charge in [-0.25, -0.2) is 13.6 Å². The first-order chi connectivity index (χ1) is 14.7. The lowest BCUT2D eigenvalue weighted by atomic mass is 10.00. The van der Waals surface area contributed by atoms with E-state index in [1.54, 1.807) is 24.3 Å². The molecular formula is C22H21N5O3S. The van der Waals surface area contributed by atoms with Gasteiger partial charge in [0, 0.05) is 29.0 Å². The quantitative estimate of drug-likeness (QED) is 0.307. The van der Waals surface area contributed by atoms with E-state index in [1.807, 2.05) is 24.3 Å². The third-order valence-electron chi connectivity index (χ3n) is 5.17. The predicted octanol–water partition coefficient (Wildman–Crippen LogP) is 2.12. The second-order valence-corrected chi connectivity index (χ2v) is 8.81. The lowest BCUT2D eigenvalue weighted by Gasteiger charge is -2.15. The van der Waals surface area contributed by atoms with Crippen molar-refractivity contribution in [1.29, 1.82) is 5.41 Å². The van der Waals surface area contributed by atoms with Gasteiger partial charge in [-0.05, 0) is 41.5 Å². The van der Waals surface area contributed by atoms with E-state index in [4.69, 9.17) is 16.3 Å². The van der Waals surface area contributed by atoms with Crippen LogP contribution >= 0.6 is 0 Å². The molecule has 0 bridgehead atoms. The molecule has 0 radical (unpaired) electrons. The summed E-state index contributed by atoms with van der Waals surface area (Å²) in [5, 5.41) is 19.8. The van der Waals surface area contributed by atoms with Gasteiger partial charge >= 0.3 is 0 Å². The van der Waals surface area contributed by atoms with Crippen LogP contribution in [0.2, 0.25) is 0 Å². The fourth-order valence-corrected chi connectivity index (χ4v) is 4.14. The molecule has 1 amide bonds. The van der Waals surface area contributed by atoms with Crippen molar-refractivity contribution in [2.24, 2.45) is 5.14 Å². The maximum Gasteiger partial charge on any atom is 0.246 e. The zero-order chi connectivity index (χ0) is 22.2. The molecule has 8 nitrogen and oxygen atoms in total. The molecule has 158 valence electrons. The highest BCUT2D eigenvalue weighted by molar-refractivity contribution is 7.89. The Kier molecular flexibility index (Phi) is 5.32. The molecule has 4 rings (SSSR count). The van der Waals surface area contributed by atoms with Crippen LogP contribution in [0, 0.1) is 5.41 Å². The summed E-state index contributed by atoms with van der Waals surface area (Å²) in [4.78, 5) is 12.7. The van der Waals surface area contributed by atoms with Gasteiger partial charge in [-0.1, -0.05) is 36.4 Å². The van der Waals surface area contributed by atoms with E-state index in [1.165, 1.54) is 18.2 Å². The van der Waals surface area contributed by atoms with Gasteiger partial charge in [0.25, 0.3) is 0 Å². The van der Waals surface area contributed by atoms with Crippen LogP contribution in [0.3, 0.4) is 0 Å². The zero-order valence-electron chi connectivity index (χ0n) is 16.4. The largest absolute Gasteiger partial charge is 0.398 e. The molecule has 3 aromatic carbocycles. The van der Waals surface area contributed by atoms with Gasteiger partial charge in [0.05, 0.1) is 10.6 Å². The van der Waals surface area contributed by atoms with Crippen LogP contribution in [-0.4, -0.2) is 20.0 Å². The van der Waals surface area contributed by atoms with Crippen molar-refractivity contribution in [3.05, 3.63) is 89.0 Å². The average molecular weight is 436 g/mol. The van der Waals surface area contributed by atoms with Gasteiger partial charge in [-0.3, -0.25) is 15.5 Å². The Bertz CT molecular complexity index is 1300. The smallest absolute Gasteiger partial charge is 0.246 e. The molecule has 31 heavy (non-hydrogen) atoms. The van der Waals surface area contributed by atoms with Gasteiger partial charge in [0.15, 0.2) is 0 Å². The fourth-order valence-electron chi connectivity index (χ4n) is 3.58. The molecule has 9 heteroatoms. The van der Waals surface area contributed by atoms with E-state index in [-0.39, 0.29) is 16.5 Å². The highest BCUT2D eigenvalue weighted by atomic mass is 32.2. The third kappa shape index (κ3) is 4.19. The highest BCUT2D eigenvalue weighted by Crippen LogP contribution is 2.27. The lowest BCUT2D eigenvalue weighted by Crippen LogP contribution is -2.28. The topological polar surface area (TPSA) is 151 Å². The number of benzene rings is 3. The van der Waals surface area contributed by atoms with Crippen LogP contribution in [-0.2, 0) is 21.4 Å². The number of nitrogen functional groups attached to an aromatic ring is 1. The molecule has 1 unspecified atom stereocenters. The van der Waals surface area contributed by atoms with Gasteiger partial charge in [-0.2, -0.15) is 0 Å². The highest BCUT2D eigenvalue weighted by Gasteiger charge is 2.27. The number of carbonyl (C=O) groups is 1. The third-order valence-corrected chi connectivity index (χ3v) is 6.08. The Morgan fingerprint density at radius 1 is 1.06 bits per heavy atom. The Hall–Kier alpha value is -3.53. The number of anilines is 2. The maximum absolute atomic E-state index is 12.8. The molecule has 0 spiro atoms. The molecule has 0 aromatic heterocycles. The molecule has 0 aliphatic carbocycles. The number of amides is 1. The van der Waals surface area contributed by atoms with Crippen LogP contribution < -0.4 is 21.5 Å². The lowest BCUT2D eigenvalue weighted by molar-refractivity contribution is -0.118. The Labute approximate surface area is 179 Å². The monoisotopic (exact) mass is 435 g/mol. The standard InChI is InChI=1S/C22H21N5O3S/c23-19-9-8-15(27-22(28)21-17-7-2-1-4-14(17)12-26-21)11-18(19)20(24)13-5-3-6-16(10-13)31(25,29)30/h1-11,21,24,26H,12,23H2,(H,27,28)(H2,25,29,30). The number of sulfonamides is 1. The van der Waals surface area contributed by atoms with Crippen molar-refractivity contribution in [3.8, 4) is 0 Å². The number of carbonyl (C=O) groups excluding carboxylic acids is 1. The number of rotatable bonds is 5. The van der Waals surface area contributed by atoms with Crippen LogP contribution in [0.25, 0.3) is 0 Å². The zero-order valence-corrected chi connectivity index (χ0v) is 17.2. The van der Waals surface area contributed by atoms with E-state index in [9.17, 15) is 13.2 Å². The van der Waals surface area contributed by atoms with Crippen molar-refractivity contribution in [2.45, 2.75) is 17.5 Å². The molecular weight excluding hydrogens is 414 g/mol. The number of nitrogens with one attached hydrogen (secondary N) is 3. The van der Waals surface area contributed by atoms with Crippen molar-refractivity contribution < 1.29 is 13.2 Å². The number of primary sulfonamides is 1. The molecule has 1 aliphatic heterocycles. The summed E-state index contributed by atoms with van der Waals surface area (Å²) in [6, 6.07) is 17.9. The summed E-state index contributed by atoms with van der Waals surface area (Å²) in [6.07, 6.45) is 0. The van der Waals surface area contributed by atoms with Gasteiger partial charge in [-0.15, -0.1) is 0 Å². The first kappa shape index (κ1) is 20.7. The second-order valence-electron chi connectivity index (χ2n) is 7.25. The molecule has 1 aliphatic rings. The minimum Gasteiger partial charge on any atom is -0.398 e. The van der Waals surface area contributed by atoms with Crippen LogP contribution in [0.15, 0.2) is 71.6 Å². The maximum atomic E-state index is 12.8. The molecule has 0 saturated carbocycles. The number of hydrogen-bond acceptors (Lipinski definition) is 6. The first-order valence-electron chi connectivity index (χ1n) is 9.48.